The first-order valence-corrected chi connectivity index (χ1v) is 8.55. The lowest BCUT2D eigenvalue weighted by molar-refractivity contribution is -0.144. The maximum Gasteiger partial charge on any atom is 0.327 e. The first-order valence-electron chi connectivity index (χ1n) is 7.11. The van der Waals surface area contributed by atoms with Crippen LogP contribution in [0.4, 0.5) is 0 Å². The predicted molar refractivity (Wildman–Crippen MR) is 78.0 cm³/mol. The van der Waals surface area contributed by atoms with Crippen LogP contribution in [-0.2, 0) is 30.9 Å². The van der Waals surface area contributed by atoms with Gasteiger partial charge in [0.25, 0.3) is 0 Å². The van der Waals surface area contributed by atoms with E-state index in [1.54, 1.807) is 6.92 Å². The summed E-state index contributed by atoms with van der Waals surface area (Å²) in [6.45, 7) is 1.66. The highest BCUT2D eigenvalue weighted by molar-refractivity contribution is 7.89. The molecule has 0 aromatic carbocycles. The summed E-state index contributed by atoms with van der Waals surface area (Å²) in [5.74, 6) is -2.28. The van der Waals surface area contributed by atoms with E-state index in [4.69, 9.17) is 0 Å². The molecule has 0 unspecified atom stereocenters. The van der Waals surface area contributed by atoms with Gasteiger partial charge in [-0.2, -0.15) is 9.40 Å². The Morgan fingerprint density at radius 3 is 2.78 bits per heavy atom. The summed E-state index contributed by atoms with van der Waals surface area (Å²) >= 11 is 0. The summed E-state index contributed by atoms with van der Waals surface area (Å²) in [5.41, 5.74) is 0. The number of aromatic nitrogens is 2. The highest BCUT2D eigenvalue weighted by atomic mass is 32.2. The topological polar surface area (TPSA) is 119 Å². The molecule has 1 aromatic heterocycles. The molecule has 1 aliphatic rings. The lowest BCUT2D eigenvalue weighted by Gasteiger charge is -2.36. The third kappa shape index (κ3) is 3.53. The second kappa shape index (κ2) is 6.67. The molecule has 23 heavy (non-hydrogen) atoms. The number of hydrogen-bond donors (Lipinski definition) is 1. The van der Waals surface area contributed by atoms with Gasteiger partial charge in [0.05, 0.1) is 19.2 Å². The van der Waals surface area contributed by atoms with Gasteiger partial charge in [-0.3, -0.25) is 14.3 Å². The maximum absolute atomic E-state index is 12.7. The molecule has 0 bridgehead atoms. The van der Waals surface area contributed by atoms with Gasteiger partial charge in [0.1, 0.15) is 11.4 Å². The Hall–Kier alpha value is -1.94. The summed E-state index contributed by atoms with van der Waals surface area (Å²) in [6, 6.07) is -0.643. The van der Waals surface area contributed by atoms with Gasteiger partial charge in [0.15, 0.2) is 0 Å². The molecule has 2 rings (SSSR count). The molecule has 0 radical (unpaired) electrons. The van der Waals surface area contributed by atoms with E-state index in [2.05, 4.69) is 9.84 Å². The van der Waals surface area contributed by atoms with Crippen molar-refractivity contribution in [3.63, 3.8) is 0 Å². The van der Waals surface area contributed by atoms with Crippen molar-refractivity contribution in [2.75, 3.05) is 13.7 Å². The van der Waals surface area contributed by atoms with Crippen molar-refractivity contribution in [1.29, 1.82) is 0 Å². The largest absolute Gasteiger partial charge is 0.481 e. The number of carboxylic acid groups (broad SMARTS) is 1. The van der Waals surface area contributed by atoms with E-state index in [1.807, 2.05) is 0 Å². The zero-order valence-corrected chi connectivity index (χ0v) is 13.7. The number of carbonyl (C=O) groups is 2. The molecular formula is C13H19N3O6S. The monoisotopic (exact) mass is 345 g/mol. The molecule has 1 saturated heterocycles. The Kier molecular flexibility index (Phi) is 5.05. The highest BCUT2D eigenvalue weighted by Gasteiger charge is 2.40. The van der Waals surface area contributed by atoms with Gasteiger partial charge >= 0.3 is 11.9 Å². The van der Waals surface area contributed by atoms with Crippen LogP contribution < -0.4 is 0 Å². The normalized spacial score (nSPS) is 22.7. The quantitative estimate of drug-likeness (QED) is 0.742. The van der Waals surface area contributed by atoms with Gasteiger partial charge in [0, 0.05) is 18.8 Å². The second-order valence-corrected chi connectivity index (χ2v) is 7.28. The van der Waals surface area contributed by atoms with Crippen molar-refractivity contribution in [2.45, 2.75) is 37.2 Å². The Labute approximate surface area is 133 Å². The number of ether oxygens (including phenoxy) is 1. The predicted octanol–water partition coefficient (Wildman–Crippen LogP) is -0.0701. The van der Waals surface area contributed by atoms with Crippen molar-refractivity contribution < 1.29 is 27.9 Å². The van der Waals surface area contributed by atoms with E-state index in [1.165, 1.54) is 22.3 Å². The average Bonchev–Trinajstić information content (AvgIpc) is 2.96. The van der Waals surface area contributed by atoms with Crippen LogP contribution in [0.3, 0.4) is 0 Å². The Bertz CT molecular complexity index is 698. The summed E-state index contributed by atoms with van der Waals surface area (Å²) in [5, 5.41) is 13.0. The number of sulfonamides is 1. The van der Waals surface area contributed by atoms with Gasteiger partial charge in [0.2, 0.25) is 10.0 Å². The minimum atomic E-state index is -3.86. The number of carboxylic acids is 1. The molecule has 2 atom stereocenters. The van der Waals surface area contributed by atoms with E-state index < -0.39 is 33.9 Å². The standard InChI is InChI=1S/C13H19N3O6S/c1-9-11(13(18)19)4-3-5-16(9)23(20,21)10-6-14-15(7-10)8-12(17)22-2/h6-7,9,11H,3-5,8H2,1-2H3,(H,18,19)/t9-,11-/m0/s1. The van der Waals surface area contributed by atoms with Crippen molar-refractivity contribution in [1.82, 2.24) is 14.1 Å². The van der Waals surface area contributed by atoms with Crippen molar-refractivity contribution in [3.05, 3.63) is 12.4 Å². The fourth-order valence-corrected chi connectivity index (χ4v) is 4.34. The van der Waals surface area contributed by atoms with E-state index >= 15 is 0 Å². The number of piperidine rings is 1. The van der Waals surface area contributed by atoms with Crippen LogP contribution in [0.15, 0.2) is 17.3 Å². The third-order valence-electron chi connectivity index (χ3n) is 3.98. The molecule has 1 aliphatic heterocycles. The Morgan fingerprint density at radius 1 is 1.48 bits per heavy atom. The summed E-state index contributed by atoms with van der Waals surface area (Å²) in [6.07, 6.45) is 3.32. The van der Waals surface area contributed by atoms with Crippen molar-refractivity contribution >= 4 is 22.0 Å². The van der Waals surface area contributed by atoms with E-state index in [9.17, 15) is 23.1 Å². The van der Waals surface area contributed by atoms with Crippen LogP contribution in [0.2, 0.25) is 0 Å². The molecule has 1 fully saturated rings. The number of methoxy groups -OCH3 is 1. The average molecular weight is 345 g/mol. The van der Waals surface area contributed by atoms with Gasteiger partial charge in [-0.05, 0) is 19.8 Å². The van der Waals surface area contributed by atoms with E-state index in [-0.39, 0.29) is 18.0 Å². The van der Waals surface area contributed by atoms with Crippen molar-refractivity contribution in [3.8, 4) is 0 Å². The molecule has 1 aromatic rings. The minimum Gasteiger partial charge on any atom is -0.481 e. The zero-order valence-electron chi connectivity index (χ0n) is 12.9. The minimum absolute atomic E-state index is 0.0701. The third-order valence-corrected chi connectivity index (χ3v) is 5.92. The lowest BCUT2D eigenvalue weighted by Crippen LogP contribution is -2.48. The van der Waals surface area contributed by atoms with Crippen molar-refractivity contribution in [2.24, 2.45) is 5.92 Å². The van der Waals surface area contributed by atoms with Gasteiger partial charge in [-0.25, -0.2) is 8.42 Å². The molecule has 10 heteroatoms. The smallest absolute Gasteiger partial charge is 0.327 e. The lowest BCUT2D eigenvalue weighted by atomic mass is 9.92. The Balaban J connectivity index is 2.24. The van der Waals surface area contributed by atoms with Crippen LogP contribution in [0, 0.1) is 5.92 Å². The molecule has 9 nitrogen and oxygen atoms in total. The first kappa shape index (κ1) is 17.4. The van der Waals surface area contributed by atoms with E-state index in [0.717, 1.165) is 6.20 Å². The molecule has 1 N–H and O–H groups in total. The van der Waals surface area contributed by atoms with Gasteiger partial charge < -0.3 is 9.84 Å². The molecule has 128 valence electrons. The van der Waals surface area contributed by atoms with Crippen LogP contribution in [0.1, 0.15) is 19.8 Å². The number of esters is 1. The highest BCUT2D eigenvalue weighted by Crippen LogP contribution is 2.29. The summed E-state index contributed by atoms with van der Waals surface area (Å²) in [7, 11) is -2.64. The number of nitrogens with zero attached hydrogens (tertiary/aromatic N) is 3. The number of hydrogen-bond acceptors (Lipinski definition) is 6. The number of carbonyl (C=O) groups excluding carboxylic acids is 1. The SMILES string of the molecule is COC(=O)Cn1cc(S(=O)(=O)N2CCC[C@H](C(=O)O)[C@@H]2C)cn1. The van der Waals surface area contributed by atoms with Crippen LogP contribution in [0.25, 0.3) is 0 Å². The number of aliphatic carboxylic acids is 1. The molecule has 2 heterocycles. The van der Waals surface area contributed by atoms with Gasteiger partial charge in [-0.1, -0.05) is 0 Å². The Morgan fingerprint density at radius 2 is 2.17 bits per heavy atom. The van der Waals surface area contributed by atoms with E-state index in [0.29, 0.717) is 12.8 Å². The maximum atomic E-state index is 12.7. The molecule has 0 spiro atoms. The van der Waals surface area contributed by atoms with Crippen LogP contribution in [0.5, 0.6) is 0 Å². The zero-order chi connectivity index (χ0) is 17.2. The molecule has 0 saturated carbocycles. The summed E-state index contributed by atoms with van der Waals surface area (Å²) < 4.78 is 32.3. The fraction of sp³-hybridized carbons (Fsp3) is 0.615. The fourth-order valence-electron chi connectivity index (χ4n) is 2.68. The first-order chi connectivity index (χ1) is 10.8. The van der Waals surface area contributed by atoms with Gasteiger partial charge in [-0.15, -0.1) is 0 Å². The molecule has 0 amide bonds. The second-order valence-electron chi connectivity index (χ2n) is 5.39. The molecular weight excluding hydrogens is 326 g/mol. The molecule has 0 aliphatic carbocycles. The summed E-state index contributed by atoms with van der Waals surface area (Å²) in [4.78, 5) is 22.4. The van der Waals surface area contributed by atoms with Crippen LogP contribution >= 0.6 is 0 Å². The van der Waals surface area contributed by atoms with Crippen LogP contribution in [-0.4, -0.2) is 59.2 Å². The number of rotatable bonds is 5.